The zero-order valence-electron chi connectivity index (χ0n) is 14.8. The predicted molar refractivity (Wildman–Crippen MR) is 106 cm³/mol. The number of benzene rings is 1. The van der Waals surface area contributed by atoms with E-state index in [-0.39, 0.29) is 6.10 Å². The number of hydrogen-bond acceptors (Lipinski definition) is 6. The van der Waals surface area contributed by atoms with Crippen LogP contribution in [0.5, 0.6) is 0 Å². The van der Waals surface area contributed by atoms with Crippen LogP contribution >= 0.6 is 0 Å². The van der Waals surface area contributed by atoms with E-state index in [2.05, 4.69) is 42.9 Å². The van der Waals surface area contributed by atoms with Crippen LogP contribution in [-0.4, -0.2) is 39.4 Å². The van der Waals surface area contributed by atoms with Gasteiger partial charge in [-0.1, -0.05) is 0 Å². The summed E-state index contributed by atoms with van der Waals surface area (Å²) in [6.07, 6.45) is 6.11. The van der Waals surface area contributed by atoms with Crippen LogP contribution in [-0.2, 0) is 4.74 Å². The molecule has 7 nitrogen and oxygen atoms in total. The molecule has 0 radical (unpaired) electrons. The lowest BCUT2D eigenvalue weighted by Crippen LogP contribution is -2.19. The molecule has 1 saturated heterocycles. The number of H-pyrrole nitrogens is 1. The lowest BCUT2D eigenvalue weighted by molar-refractivity contribution is 0.120. The molecule has 7 heteroatoms. The van der Waals surface area contributed by atoms with E-state index in [1.807, 2.05) is 30.5 Å². The van der Waals surface area contributed by atoms with Gasteiger partial charge in [-0.3, -0.25) is 5.10 Å². The van der Waals surface area contributed by atoms with Crippen molar-refractivity contribution in [2.45, 2.75) is 18.9 Å². The van der Waals surface area contributed by atoms with Gasteiger partial charge in [0, 0.05) is 36.6 Å². The van der Waals surface area contributed by atoms with Crippen molar-refractivity contribution in [1.82, 2.24) is 20.2 Å². The van der Waals surface area contributed by atoms with Gasteiger partial charge in [-0.05, 0) is 54.6 Å². The molecule has 4 heterocycles. The van der Waals surface area contributed by atoms with Crippen molar-refractivity contribution in [2.75, 3.05) is 23.8 Å². The summed E-state index contributed by atoms with van der Waals surface area (Å²) in [5, 5.41) is 17.2. The summed E-state index contributed by atoms with van der Waals surface area (Å²) in [6.45, 7) is 1.65. The number of aromatic nitrogens is 4. The lowest BCUT2D eigenvalue weighted by Gasteiger charge is -2.13. The molecule has 1 atom stereocenters. The fraction of sp³-hybridized carbons (Fsp3) is 0.250. The Morgan fingerprint density at radius 2 is 2.07 bits per heavy atom. The molecule has 5 rings (SSSR count). The normalized spacial score (nSPS) is 16.8. The fourth-order valence-electron chi connectivity index (χ4n) is 3.50. The lowest BCUT2D eigenvalue weighted by atomic mass is 10.1. The Morgan fingerprint density at radius 1 is 1.07 bits per heavy atom. The molecule has 3 aromatic heterocycles. The minimum absolute atomic E-state index is 0.282. The smallest absolute Gasteiger partial charge is 0.161 e. The first-order chi connectivity index (χ1) is 13.4. The number of nitrogens with one attached hydrogen (secondary N) is 3. The summed E-state index contributed by atoms with van der Waals surface area (Å²) in [6, 6.07) is 12.1. The molecular weight excluding hydrogens is 340 g/mol. The highest BCUT2D eigenvalue weighted by Gasteiger charge is 2.15. The Labute approximate surface area is 156 Å². The molecule has 136 valence electrons. The van der Waals surface area contributed by atoms with E-state index in [1.165, 1.54) is 0 Å². The molecule has 1 fully saturated rings. The van der Waals surface area contributed by atoms with E-state index >= 15 is 0 Å². The van der Waals surface area contributed by atoms with Crippen LogP contribution in [0.2, 0.25) is 0 Å². The number of hydrogen-bond donors (Lipinski definition) is 3. The number of nitrogens with zero attached hydrogens (tertiary/aromatic N) is 3. The van der Waals surface area contributed by atoms with Crippen LogP contribution in [0.4, 0.5) is 17.3 Å². The van der Waals surface area contributed by atoms with Crippen LogP contribution in [0.3, 0.4) is 0 Å². The summed E-state index contributed by atoms with van der Waals surface area (Å²) < 4.78 is 5.68. The first-order valence-corrected chi connectivity index (χ1v) is 9.17. The summed E-state index contributed by atoms with van der Waals surface area (Å²) in [4.78, 5) is 8.77. The molecule has 0 spiro atoms. The van der Waals surface area contributed by atoms with E-state index in [4.69, 9.17) is 4.74 Å². The highest BCUT2D eigenvalue weighted by Crippen LogP contribution is 2.28. The summed E-state index contributed by atoms with van der Waals surface area (Å²) >= 11 is 0. The molecule has 0 unspecified atom stereocenters. The molecule has 3 N–H and O–H groups in total. The molecule has 0 amide bonds. The Morgan fingerprint density at radius 3 is 3.00 bits per heavy atom. The Balaban J connectivity index is 1.40. The van der Waals surface area contributed by atoms with Gasteiger partial charge in [-0.15, -0.1) is 0 Å². The van der Waals surface area contributed by atoms with Gasteiger partial charge >= 0.3 is 0 Å². The SMILES string of the molecule is c1cnc2[nH]nc(Nc3ccc4c(NC[C@@H]5CCCO5)nccc4c3)c2c1. The Bertz CT molecular complexity index is 1090. The van der Waals surface area contributed by atoms with Crippen molar-refractivity contribution in [2.24, 2.45) is 0 Å². The van der Waals surface area contributed by atoms with Crippen molar-refractivity contribution in [3.05, 3.63) is 48.8 Å². The van der Waals surface area contributed by atoms with Crippen molar-refractivity contribution in [3.8, 4) is 0 Å². The summed E-state index contributed by atoms with van der Waals surface area (Å²) in [5.41, 5.74) is 1.74. The van der Waals surface area contributed by atoms with Crippen LogP contribution in [0.25, 0.3) is 21.8 Å². The first-order valence-electron chi connectivity index (χ1n) is 9.17. The zero-order chi connectivity index (χ0) is 18.1. The number of ether oxygens (including phenoxy) is 1. The van der Waals surface area contributed by atoms with Gasteiger partial charge in [0.1, 0.15) is 5.82 Å². The molecule has 0 bridgehead atoms. The van der Waals surface area contributed by atoms with E-state index in [9.17, 15) is 0 Å². The maximum absolute atomic E-state index is 5.68. The monoisotopic (exact) mass is 360 g/mol. The van der Waals surface area contributed by atoms with Gasteiger partial charge in [0.05, 0.1) is 11.5 Å². The van der Waals surface area contributed by atoms with Gasteiger partial charge in [0.15, 0.2) is 11.5 Å². The van der Waals surface area contributed by atoms with Gasteiger partial charge in [0.2, 0.25) is 0 Å². The second kappa shape index (κ2) is 6.85. The molecule has 0 aliphatic carbocycles. The first kappa shape index (κ1) is 16.0. The Hall–Kier alpha value is -3.19. The number of anilines is 3. The van der Waals surface area contributed by atoms with Gasteiger partial charge in [0.25, 0.3) is 0 Å². The van der Waals surface area contributed by atoms with Gasteiger partial charge in [-0.25, -0.2) is 9.97 Å². The summed E-state index contributed by atoms with van der Waals surface area (Å²) in [7, 11) is 0. The van der Waals surface area contributed by atoms with E-state index in [0.29, 0.717) is 0 Å². The Kier molecular flexibility index (Phi) is 4.06. The van der Waals surface area contributed by atoms with Crippen LogP contribution in [0.15, 0.2) is 48.8 Å². The van der Waals surface area contributed by atoms with Gasteiger partial charge < -0.3 is 15.4 Å². The third kappa shape index (κ3) is 3.17. The maximum atomic E-state index is 5.68. The molecule has 0 saturated carbocycles. The maximum Gasteiger partial charge on any atom is 0.161 e. The quantitative estimate of drug-likeness (QED) is 0.501. The number of fused-ring (bicyclic) bond motifs is 2. The molecule has 4 aromatic rings. The minimum Gasteiger partial charge on any atom is -0.376 e. The van der Waals surface area contributed by atoms with Crippen LogP contribution in [0.1, 0.15) is 12.8 Å². The second-order valence-corrected chi connectivity index (χ2v) is 6.71. The highest BCUT2D eigenvalue weighted by molar-refractivity contribution is 5.95. The summed E-state index contributed by atoms with van der Waals surface area (Å²) in [5.74, 6) is 1.66. The average molecular weight is 360 g/mol. The number of rotatable bonds is 5. The van der Waals surface area contributed by atoms with Crippen molar-refractivity contribution in [1.29, 1.82) is 0 Å². The number of aromatic amines is 1. The largest absolute Gasteiger partial charge is 0.376 e. The second-order valence-electron chi connectivity index (χ2n) is 6.71. The molecule has 27 heavy (non-hydrogen) atoms. The van der Waals surface area contributed by atoms with Crippen molar-refractivity contribution in [3.63, 3.8) is 0 Å². The fourth-order valence-corrected chi connectivity index (χ4v) is 3.50. The van der Waals surface area contributed by atoms with Crippen LogP contribution in [0, 0.1) is 0 Å². The average Bonchev–Trinajstić information content (AvgIpc) is 3.36. The minimum atomic E-state index is 0.282. The predicted octanol–water partition coefficient (Wildman–Crippen LogP) is 3.84. The molecular formula is C20H20N6O. The standard InChI is InChI=1S/C20H20N6O/c1-4-17-19(21-8-1)25-26-20(17)24-14-5-6-16-13(11-14)7-9-22-18(16)23-12-15-3-2-10-27-15/h1,4-9,11,15H,2-3,10,12H2,(H,22,23)(H2,21,24,25,26)/t15-/m0/s1. The molecule has 1 aromatic carbocycles. The molecule has 1 aliphatic heterocycles. The van der Waals surface area contributed by atoms with E-state index in [1.54, 1.807) is 6.20 Å². The third-order valence-electron chi connectivity index (χ3n) is 4.88. The van der Waals surface area contributed by atoms with Crippen LogP contribution < -0.4 is 10.6 Å². The van der Waals surface area contributed by atoms with Crippen molar-refractivity contribution < 1.29 is 4.74 Å². The molecule has 1 aliphatic rings. The zero-order valence-corrected chi connectivity index (χ0v) is 14.8. The topological polar surface area (TPSA) is 87.8 Å². The number of pyridine rings is 2. The van der Waals surface area contributed by atoms with E-state index < -0.39 is 0 Å². The van der Waals surface area contributed by atoms with Gasteiger partial charge in [-0.2, -0.15) is 5.10 Å². The van der Waals surface area contributed by atoms with E-state index in [0.717, 1.165) is 65.1 Å². The third-order valence-corrected chi connectivity index (χ3v) is 4.88. The highest BCUT2D eigenvalue weighted by atomic mass is 16.5. The van der Waals surface area contributed by atoms with Crippen molar-refractivity contribution >= 4 is 39.1 Å².